The average Bonchev–Trinajstić information content (AvgIpc) is 3.22. The molecule has 0 spiro atoms. The fourth-order valence-electron chi connectivity index (χ4n) is 3.12. The van der Waals surface area contributed by atoms with Crippen LogP contribution in [-0.2, 0) is 21.6 Å². The predicted molar refractivity (Wildman–Crippen MR) is 88.5 cm³/mol. The van der Waals surface area contributed by atoms with Gasteiger partial charge in [-0.15, -0.1) is 0 Å². The Labute approximate surface area is 140 Å². The van der Waals surface area contributed by atoms with Crippen LogP contribution in [0.3, 0.4) is 0 Å². The van der Waals surface area contributed by atoms with Crippen LogP contribution in [-0.4, -0.2) is 22.7 Å². The van der Waals surface area contributed by atoms with Crippen LogP contribution in [0.15, 0.2) is 60.7 Å². The molecule has 1 aliphatic rings. The number of carbonyl (C=O) groups is 2. The summed E-state index contributed by atoms with van der Waals surface area (Å²) >= 11 is 0. The molecule has 0 radical (unpaired) electrons. The lowest BCUT2D eigenvalue weighted by atomic mass is 9.92. The van der Waals surface area contributed by atoms with Crippen molar-refractivity contribution in [3.8, 4) is 0 Å². The summed E-state index contributed by atoms with van der Waals surface area (Å²) in [4.78, 5) is 23.9. The van der Waals surface area contributed by atoms with Crippen LogP contribution in [0.2, 0.25) is 0 Å². The van der Waals surface area contributed by atoms with Crippen molar-refractivity contribution in [2.24, 2.45) is 0 Å². The first-order chi connectivity index (χ1) is 11.5. The Kier molecular flexibility index (Phi) is 4.01. The number of hydrogen-bond donors (Lipinski definition) is 2. The van der Waals surface area contributed by atoms with Gasteiger partial charge in [-0.1, -0.05) is 67.6 Å². The van der Waals surface area contributed by atoms with Gasteiger partial charge >= 0.3 is 12.1 Å². The minimum atomic E-state index is -1.33. The number of rotatable bonds is 5. The maximum atomic E-state index is 12.1. The quantitative estimate of drug-likeness (QED) is 0.886. The van der Waals surface area contributed by atoms with Crippen molar-refractivity contribution >= 4 is 12.1 Å². The Bertz CT molecular complexity index is 746. The molecule has 0 unspecified atom stereocenters. The molecule has 3 rings (SSSR count). The van der Waals surface area contributed by atoms with E-state index in [0.717, 1.165) is 11.1 Å². The second kappa shape index (κ2) is 6.00. The number of amides is 1. The van der Waals surface area contributed by atoms with Crippen molar-refractivity contribution in [3.05, 3.63) is 71.8 Å². The minimum absolute atomic E-state index is 0.102. The SMILES string of the molecule is C[C@]1(c2ccccc2)C[C@@]1(NC(=O)OCc1ccccc1)C(=O)O. The van der Waals surface area contributed by atoms with E-state index in [1.54, 1.807) is 0 Å². The number of alkyl carbamates (subject to hydrolysis) is 1. The van der Waals surface area contributed by atoms with E-state index in [-0.39, 0.29) is 6.61 Å². The number of carbonyl (C=O) groups excluding carboxylic acids is 1. The summed E-state index contributed by atoms with van der Waals surface area (Å²) in [5.74, 6) is -1.05. The summed E-state index contributed by atoms with van der Waals surface area (Å²) in [6.45, 7) is 1.94. The van der Waals surface area contributed by atoms with E-state index in [9.17, 15) is 14.7 Å². The summed E-state index contributed by atoms with van der Waals surface area (Å²) < 4.78 is 5.17. The van der Waals surface area contributed by atoms with Gasteiger partial charge in [0.25, 0.3) is 0 Å². The first-order valence-electron chi connectivity index (χ1n) is 7.76. The zero-order valence-corrected chi connectivity index (χ0v) is 13.4. The summed E-state index contributed by atoms with van der Waals surface area (Å²) in [5.41, 5.74) is -0.247. The fraction of sp³-hybridized carbons (Fsp3) is 0.263. The molecule has 5 nitrogen and oxygen atoms in total. The van der Waals surface area contributed by atoms with E-state index in [2.05, 4.69) is 5.32 Å². The summed E-state index contributed by atoms with van der Waals surface area (Å²) in [6.07, 6.45) is -0.388. The Balaban J connectivity index is 1.70. The van der Waals surface area contributed by atoms with E-state index >= 15 is 0 Å². The zero-order chi connectivity index (χ0) is 17.2. The largest absolute Gasteiger partial charge is 0.479 e. The highest BCUT2D eigenvalue weighted by atomic mass is 16.5. The van der Waals surface area contributed by atoms with Crippen LogP contribution < -0.4 is 5.32 Å². The van der Waals surface area contributed by atoms with Gasteiger partial charge < -0.3 is 15.2 Å². The van der Waals surface area contributed by atoms with Gasteiger partial charge in [0.1, 0.15) is 6.61 Å². The van der Waals surface area contributed by atoms with Crippen molar-refractivity contribution in [2.45, 2.75) is 30.9 Å². The Morgan fingerprint density at radius 3 is 2.25 bits per heavy atom. The molecular weight excluding hydrogens is 306 g/mol. The molecule has 1 amide bonds. The molecule has 2 aromatic rings. The molecule has 2 atom stereocenters. The van der Waals surface area contributed by atoms with Crippen LogP contribution in [0.1, 0.15) is 24.5 Å². The summed E-state index contributed by atoms with van der Waals surface area (Å²) in [6, 6.07) is 18.6. The van der Waals surface area contributed by atoms with Crippen molar-refractivity contribution in [2.75, 3.05) is 0 Å². The average molecular weight is 325 g/mol. The van der Waals surface area contributed by atoms with Gasteiger partial charge in [-0.3, -0.25) is 0 Å². The van der Waals surface area contributed by atoms with Crippen LogP contribution in [0.4, 0.5) is 4.79 Å². The lowest BCUT2D eigenvalue weighted by molar-refractivity contribution is -0.141. The number of carboxylic acids is 1. The van der Waals surface area contributed by atoms with Gasteiger partial charge in [-0.05, 0) is 17.5 Å². The van der Waals surface area contributed by atoms with Gasteiger partial charge in [0.05, 0.1) is 0 Å². The molecule has 124 valence electrons. The lowest BCUT2D eigenvalue weighted by Crippen LogP contribution is -2.48. The summed E-state index contributed by atoms with van der Waals surface area (Å²) in [5, 5.41) is 12.2. The van der Waals surface area contributed by atoms with Gasteiger partial charge in [0.15, 0.2) is 5.54 Å². The van der Waals surface area contributed by atoms with Crippen LogP contribution in [0, 0.1) is 0 Å². The van der Waals surface area contributed by atoms with E-state index < -0.39 is 23.0 Å². The molecule has 0 saturated heterocycles. The highest BCUT2D eigenvalue weighted by Gasteiger charge is 2.71. The van der Waals surface area contributed by atoms with Gasteiger partial charge in [-0.2, -0.15) is 0 Å². The first-order valence-corrected chi connectivity index (χ1v) is 7.76. The lowest BCUT2D eigenvalue weighted by Gasteiger charge is -2.20. The van der Waals surface area contributed by atoms with E-state index in [0.29, 0.717) is 6.42 Å². The second-order valence-corrected chi connectivity index (χ2v) is 6.27. The topological polar surface area (TPSA) is 75.6 Å². The normalized spacial score (nSPS) is 24.9. The number of hydrogen-bond acceptors (Lipinski definition) is 3. The standard InChI is InChI=1S/C19H19NO4/c1-18(15-10-6-3-7-11-15)13-19(18,16(21)22)20-17(23)24-12-14-8-4-2-5-9-14/h2-11H,12-13H2,1H3,(H,20,23)(H,21,22)/t18-,19-/m1/s1. The molecule has 0 aliphatic heterocycles. The fourth-order valence-corrected chi connectivity index (χ4v) is 3.12. The molecule has 0 aromatic heterocycles. The molecule has 0 heterocycles. The highest BCUT2D eigenvalue weighted by Crippen LogP contribution is 2.57. The third-order valence-electron chi connectivity index (χ3n) is 4.74. The second-order valence-electron chi connectivity index (χ2n) is 6.27. The third-order valence-corrected chi connectivity index (χ3v) is 4.74. The van der Waals surface area contributed by atoms with Crippen molar-refractivity contribution in [1.29, 1.82) is 0 Å². The zero-order valence-electron chi connectivity index (χ0n) is 13.4. The van der Waals surface area contributed by atoms with Gasteiger partial charge in [0.2, 0.25) is 0 Å². The summed E-state index contributed by atoms with van der Waals surface area (Å²) in [7, 11) is 0. The molecule has 5 heteroatoms. The number of ether oxygens (including phenoxy) is 1. The Morgan fingerprint density at radius 2 is 1.67 bits per heavy atom. The van der Waals surface area contributed by atoms with Crippen LogP contribution in [0.5, 0.6) is 0 Å². The molecular formula is C19H19NO4. The van der Waals surface area contributed by atoms with E-state index in [1.165, 1.54) is 0 Å². The monoisotopic (exact) mass is 325 g/mol. The molecule has 1 saturated carbocycles. The van der Waals surface area contributed by atoms with E-state index in [1.807, 2.05) is 67.6 Å². The Hall–Kier alpha value is -2.82. The van der Waals surface area contributed by atoms with Crippen LogP contribution in [0.25, 0.3) is 0 Å². The maximum absolute atomic E-state index is 12.1. The number of carboxylic acid groups (broad SMARTS) is 1. The molecule has 1 aliphatic carbocycles. The number of nitrogens with one attached hydrogen (secondary N) is 1. The predicted octanol–water partition coefficient (Wildman–Crippen LogP) is 3.10. The number of aliphatic carboxylic acids is 1. The van der Waals surface area contributed by atoms with E-state index in [4.69, 9.17) is 4.74 Å². The third kappa shape index (κ3) is 2.73. The smallest absolute Gasteiger partial charge is 0.408 e. The van der Waals surface area contributed by atoms with Gasteiger partial charge in [-0.25, -0.2) is 9.59 Å². The molecule has 1 fully saturated rings. The molecule has 2 aromatic carbocycles. The maximum Gasteiger partial charge on any atom is 0.408 e. The van der Waals surface area contributed by atoms with Gasteiger partial charge in [0, 0.05) is 5.41 Å². The molecule has 0 bridgehead atoms. The van der Waals surface area contributed by atoms with Crippen molar-refractivity contribution in [1.82, 2.24) is 5.32 Å². The molecule has 24 heavy (non-hydrogen) atoms. The minimum Gasteiger partial charge on any atom is -0.479 e. The molecule has 2 N–H and O–H groups in total. The Morgan fingerprint density at radius 1 is 1.08 bits per heavy atom. The van der Waals surface area contributed by atoms with Crippen molar-refractivity contribution < 1.29 is 19.4 Å². The van der Waals surface area contributed by atoms with Crippen LogP contribution >= 0.6 is 0 Å². The highest BCUT2D eigenvalue weighted by molar-refractivity contribution is 5.91. The number of benzene rings is 2. The van der Waals surface area contributed by atoms with Crippen molar-refractivity contribution in [3.63, 3.8) is 0 Å². The first kappa shape index (κ1) is 16.1.